The van der Waals surface area contributed by atoms with Gasteiger partial charge in [0.15, 0.2) is 11.0 Å². The van der Waals surface area contributed by atoms with E-state index in [2.05, 4.69) is 20.3 Å². The van der Waals surface area contributed by atoms with Gasteiger partial charge in [0.25, 0.3) is 0 Å². The van der Waals surface area contributed by atoms with Gasteiger partial charge >= 0.3 is 0 Å². The highest BCUT2D eigenvalue weighted by Gasteiger charge is 2.17. The van der Waals surface area contributed by atoms with E-state index >= 15 is 0 Å². The average molecular weight is 249 g/mol. The Balaban J connectivity index is 2.30. The predicted octanol–water partition coefficient (Wildman–Crippen LogP) is 0.694. The third kappa shape index (κ3) is 2.06. The zero-order valence-electron chi connectivity index (χ0n) is 10.5. The van der Waals surface area contributed by atoms with Gasteiger partial charge in [0, 0.05) is 14.1 Å². The minimum Gasteiger partial charge on any atom is -0.397 e. The Hall–Kier alpha value is -2.31. The number of benzene rings is 1. The second-order valence-electron chi connectivity index (χ2n) is 4.26. The van der Waals surface area contributed by atoms with Crippen LogP contribution in [0, 0.1) is 0 Å². The summed E-state index contributed by atoms with van der Waals surface area (Å²) in [5.74, 6) is -0.0311. The number of hydrogen-bond acceptors (Lipinski definition) is 6. The number of amides is 1. The van der Waals surface area contributed by atoms with Crippen LogP contribution in [0.15, 0.2) is 16.8 Å². The van der Waals surface area contributed by atoms with Crippen molar-refractivity contribution in [2.45, 2.75) is 13.0 Å². The summed E-state index contributed by atoms with van der Waals surface area (Å²) in [7, 11) is 3.41. The number of nitrogens with one attached hydrogen (secondary N) is 1. The molecule has 3 N–H and O–H groups in total. The smallest absolute Gasteiger partial charge is 0.244 e. The first-order chi connectivity index (χ1) is 8.50. The molecule has 0 fully saturated rings. The van der Waals surface area contributed by atoms with E-state index in [-0.39, 0.29) is 11.9 Å². The molecule has 1 heterocycles. The fourth-order valence-electron chi connectivity index (χ4n) is 1.68. The number of rotatable bonds is 3. The first-order valence-electron chi connectivity index (χ1n) is 5.49. The lowest BCUT2D eigenvalue weighted by Gasteiger charge is -2.18. The van der Waals surface area contributed by atoms with Crippen molar-refractivity contribution in [3.05, 3.63) is 12.1 Å². The molecule has 7 heteroatoms. The summed E-state index contributed by atoms with van der Waals surface area (Å²) in [5.41, 5.74) is 7.91. The van der Waals surface area contributed by atoms with Gasteiger partial charge in [-0.05, 0) is 29.4 Å². The molecule has 0 aliphatic rings. The molecule has 18 heavy (non-hydrogen) atoms. The number of aromatic nitrogens is 2. The van der Waals surface area contributed by atoms with E-state index in [1.165, 1.54) is 4.90 Å². The number of likely N-dealkylation sites (N-methyl/N-ethyl adjacent to an activating group) is 1. The molecule has 1 unspecified atom stereocenters. The van der Waals surface area contributed by atoms with Gasteiger partial charge in [-0.15, -0.1) is 0 Å². The van der Waals surface area contributed by atoms with Crippen LogP contribution in [0.1, 0.15) is 6.92 Å². The molecule has 0 spiro atoms. The van der Waals surface area contributed by atoms with Gasteiger partial charge in [0.05, 0.1) is 11.4 Å². The summed E-state index contributed by atoms with van der Waals surface area (Å²) < 4.78 is 4.66. The molecule has 2 rings (SSSR count). The lowest BCUT2D eigenvalue weighted by Crippen LogP contribution is -2.36. The Kier molecular flexibility index (Phi) is 3.05. The van der Waals surface area contributed by atoms with E-state index < -0.39 is 0 Å². The Morgan fingerprint density at radius 2 is 2.06 bits per heavy atom. The maximum Gasteiger partial charge on any atom is 0.244 e. The number of anilines is 2. The SMILES string of the molecule is CC(Nc1ccc(N)c2nonc12)C(=O)N(C)C. The van der Waals surface area contributed by atoms with Crippen molar-refractivity contribution >= 4 is 28.3 Å². The minimum absolute atomic E-state index is 0.0311. The Morgan fingerprint density at radius 3 is 2.72 bits per heavy atom. The number of carbonyl (C=O) groups is 1. The summed E-state index contributed by atoms with van der Waals surface area (Å²) in [6.45, 7) is 1.78. The summed E-state index contributed by atoms with van der Waals surface area (Å²) in [6, 6.07) is 3.08. The molecular weight excluding hydrogens is 234 g/mol. The van der Waals surface area contributed by atoms with E-state index in [1.807, 2.05) is 0 Å². The maximum absolute atomic E-state index is 11.8. The molecule has 96 valence electrons. The molecule has 1 aromatic heterocycles. The van der Waals surface area contributed by atoms with Gasteiger partial charge in [-0.2, -0.15) is 0 Å². The lowest BCUT2D eigenvalue weighted by atomic mass is 10.2. The second kappa shape index (κ2) is 4.52. The number of nitrogen functional groups attached to an aromatic ring is 1. The lowest BCUT2D eigenvalue weighted by molar-refractivity contribution is -0.129. The third-order valence-electron chi connectivity index (χ3n) is 2.63. The molecule has 0 saturated heterocycles. The Bertz CT molecular complexity index is 578. The molecule has 2 aromatic rings. The van der Waals surface area contributed by atoms with Crippen molar-refractivity contribution in [1.82, 2.24) is 15.2 Å². The highest BCUT2D eigenvalue weighted by molar-refractivity contribution is 5.96. The van der Waals surface area contributed by atoms with Crippen LogP contribution in [-0.2, 0) is 4.79 Å². The van der Waals surface area contributed by atoms with E-state index in [4.69, 9.17) is 5.73 Å². The van der Waals surface area contributed by atoms with Crippen LogP contribution in [0.2, 0.25) is 0 Å². The Labute approximate surface area is 104 Å². The third-order valence-corrected chi connectivity index (χ3v) is 2.63. The average Bonchev–Trinajstić information content (AvgIpc) is 2.81. The van der Waals surface area contributed by atoms with Crippen LogP contribution < -0.4 is 11.1 Å². The highest BCUT2D eigenvalue weighted by atomic mass is 16.6. The molecular formula is C11H15N5O2. The number of nitrogens with zero attached hydrogens (tertiary/aromatic N) is 3. The largest absolute Gasteiger partial charge is 0.397 e. The van der Waals surface area contributed by atoms with Crippen LogP contribution in [0.3, 0.4) is 0 Å². The molecule has 7 nitrogen and oxygen atoms in total. The van der Waals surface area contributed by atoms with Gasteiger partial charge in [-0.25, -0.2) is 4.63 Å². The van der Waals surface area contributed by atoms with Crippen LogP contribution in [0.25, 0.3) is 11.0 Å². The standard InChI is InChI=1S/C11H15N5O2/c1-6(11(17)16(2)3)13-8-5-4-7(12)9-10(8)15-18-14-9/h4-6,13H,12H2,1-3H3. The van der Waals surface area contributed by atoms with Crippen molar-refractivity contribution in [3.8, 4) is 0 Å². The van der Waals surface area contributed by atoms with Crippen LogP contribution >= 0.6 is 0 Å². The quantitative estimate of drug-likeness (QED) is 0.777. The number of nitrogens with two attached hydrogens (primary N) is 1. The van der Waals surface area contributed by atoms with Gasteiger partial charge in [0.1, 0.15) is 6.04 Å². The van der Waals surface area contributed by atoms with Crippen LogP contribution in [0.4, 0.5) is 11.4 Å². The maximum atomic E-state index is 11.8. The highest BCUT2D eigenvalue weighted by Crippen LogP contribution is 2.25. The van der Waals surface area contributed by atoms with Gasteiger partial charge < -0.3 is 16.0 Å². The number of fused-ring (bicyclic) bond motifs is 1. The van der Waals surface area contributed by atoms with E-state index in [1.54, 1.807) is 33.2 Å². The molecule has 0 aliphatic heterocycles. The topological polar surface area (TPSA) is 97.3 Å². The molecule has 1 amide bonds. The molecule has 0 saturated carbocycles. The molecule has 0 aliphatic carbocycles. The van der Waals surface area contributed by atoms with Crippen molar-refractivity contribution in [2.75, 3.05) is 25.1 Å². The monoisotopic (exact) mass is 249 g/mol. The minimum atomic E-state index is -0.372. The van der Waals surface area contributed by atoms with Crippen LogP contribution in [0.5, 0.6) is 0 Å². The molecule has 0 bridgehead atoms. The van der Waals surface area contributed by atoms with E-state index in [0.29, 0.717) is 22.4 Å². The first-order valence-corrected chi connectivity index (χ1v) is 5.49. The van der Waals surface area contributed by atoms with Crippen molar-refractivity contribution in [2.24, 2.45) is 0 Å². The second-order valence-corrected chi connectivity index (χ2v) is 4.26. The normalized spacial score (nSPS) is 12.4. The molecule has 1 aromatic carbocycles. The van der Waals surface area contributed by atoms with Gasteiger partial charge in [-0.3, -0.25) is 4.79 Å². The van der Waals surface area contributed by atoms with Crippen molar-refractivity contribution in [3.63, 3.8) is 0 Å². The number of carbonyl (C=O) groups excluding carboxylic acids is 1. The van der Waals surface area contributed by atoms with E-state index in [9.17, 15) is 4.79 Å². The first kappa shape index (κ1) is 12.2. The summed E-state index contributed by atoms with van der Waals surface area (Å²) in [4.78, 5) is 13.3. The zero-order chi connectivity index (χ0) is 13.3. The zero-order valence-corrected chi connectivity index (χ0v) is 10.5. The van der Waals surface area contributed by atoms with Crippen molar-refractivity contribution < 1.29 is 9.42 Å². The number of hydrogen-bond donors (Lipinski definition) is 2. The van der Waals surface area contributed by atoms with Gasteiger partial charge in [-0.1, -0.05) is 0 Å². The fourth-order valence-corrected chi connectivity index (χ4v) is 1.68. The molecule has 1 atom stereocenters. The summed E-state index contributed by atoms with van der Waals surface area (Å²) in [6.07, 6.45) is 0. The Morgan fingerprint density at radius 1 is 1.39 bits per heavy atom. The van der Waals surface area contributed by atoms with E-state index in [0.717, 1.165) is 0 Å². The predicted molar refractivity (Wildman–Crippen MR) is 68.0 cm³/mol. The van der Waals surface area contributed by atoms with Crippen molar-refractivity contribution in [1.29, 1.82) is 0 Å². The van der Waals surface area contributed by atoms with Crippen LogP contribution in [-0.4, -0.2) is 41.3 Å². The molecule has 0 radical (unpaired) electrons. The summed E-state index contributed by atoms with van der Waals surface area (Å²) >= 11 is 0. The summed E-state index contributed by atoms with van der Waals surface area (Å²) in [5, 5.41) is 10.6. The fraction of sp³-hybridized carbons (Fsp3) is 0.364. The van der Waals surface area contributed by atoms with Gasteiger partial charge in [0.2, 0.25) is 5.91 Å².